The molecule has 0 atom stereocenters. The summed E-state index contributed by atoms with van der Waals surface area (Å²) < 4.78 is 5.65. The van der Waals surface area contributed by atoms with Gasteiger partial charge in [-0.2, -0.15) is 0 Å². The molecule has 1 aromatic rings. The van der Waals surface area contributed by atoms with Crippen molar-refractivity contribution < 1.29 is 4.74 Å². The first-order chi connectivity index (χ1) is 8.36. The monoisotopic (exact) mass is 234 g/mol. The van der Waals surface area contributed by atoms with Gasteiger partial charge in [-0.05, 0) is 24.1 Å². The number of nitrogens with one attached hydrogen (secondary N) is 1. The van der Waals surface area contributed by atoms with Crippen molar-refractivity contribution in [2.45, 2.75) is 52.0 Å². The van der Waals surface area contributed by atoms with Gasteiger partial charge in [0, 0.05) is 6.54 Å². The molecule has 1 radical (unpaired) electrons. The van der Waals surface area contributed by atoms with Crippen molar-refractivity contribution in [2.75, 3.05) is 6.61 Å². The second-order valence-electron chi connectivity index (χ2n) is 4.44. The van der Waals surface area contributed by atoms with E-state index in [1.165, 1.54) is 32.1 Å². The van der Waals surface area contributed by atoms with Gasteiger partial charge in [-0.1, -0.05) is 51.2 Å². The maximum Gasteiger partial charge on any atom is 0.119 e. The molecule has 2 heteroatoms. The summed E-state index contributed by atoms with van der Waals surface area (Å²) in [6.07, 6.45) is 7.76. The molecule has 0 heterocycles. The highest BCUT2D eigenvalue weighted by Gasteiger charge is 1.95. The van der Waals surface area contributed by atoms with Crippen LogP contribution in [0.25, 0.3) is 0 Å². The van der Waals surface area contributed by atoms with Crippen LogP contribution in [-0.2, 0) is 6.54 Å². The van der Waals surface area contributed by atoms with Crippen LogP contribution < -0.4 is 10.5 Å². The molecule has 1 rings (SSSR count). The van der Waals surface area contributed by atoms with Gasteiger partial charge in [0.1, 0.15) is 5.75 Å². The molecule has 2 nitrogen and oxygen atoms in total. The Bertz CT molecular complexity index is 281. The quantitative estimate of drug-likeness (QED) is 0.589. The van der Waals surface area contributed by atoms with Crippen LogP contribution >= 0.6 is 0 Å². The third kappa shape index (κ3) is 6.32. The average Bonchev–Trinajstić information content (AvgIpc) is 2.38. The Labute approximate surface area is 105 Å². The van der Waals surface area contributed by atoms with Crippen LogP contribution in [0.15, 0.2) is 24.3 Å². The number of benzene rings is 1. The van der Waals surface area contributed by atoms with Crippen LogP contribution in [0.3, 0.4) is 0 Å². The predicted molar refractivity (Wildman–Crippen MR) is 72.1 cm³/mol. The fourth-order valence-corrected chi connectivity index (χ4v) is 1.78. The molecular weight excluding hydrogens is 210 g/mol. The lowest BCUT2D eigenvalue weighted by molar-refractivity contribution is 0.304. The Morgan fingerprint density at radius 3 is 2.24 bits per heavy atom. The maximum atomic E-state index is 7.22. The zero-order valence-electron chi connectivity index (χ0n) is 10.9. The minimum Gasteiger partial charge on any atom is -0.494 e. The largest absolute Gasteiger partial charge is 0.494 e. The van der Waals surface area contributed by atoms with Crippen molar-refractivity contribution in [2.24, 2.45) is 0 Å². The average molecular weight is 234 g/mol. The molecule has 0 spiro atoms. The fraction of sp³-hybridized carbons (Fsp3) is 0.600. The molecule has 17 heavy (non-hydrogen) atoms. The van der Waals surface area contributed by atoms with Gasteiger partial charge in [-0.15, -0.1) is 0 Å². The number of hydrogen-bond acceptors (Lipinski definition) is 1. The van der Waals surface area contributed by atoms with E-state index in [0.717, 1.165) is 24.3 Å². The topological polar surface area (TPSA) is 33.0 Å². The van der Waals surface area contributed by atoms with Gasteiger partial charge >= 0.3 is 0 Å². The first-order valence-electron chi connectivity index (χ1n) is 6.73. The van der Waals surface area contributed by atoms with Gasteiger partial charge in [0.2, 0.25) is 0 Å². The lowest BCUT2D eigenvalue weighted by atomic mass is 10.1. The van der Waals surface area contributed by atoms with Gasteiger partial charge < -0.3 is 4.74 Å². The zero-order chi connectivity index (χ0) is 12.3. The SMILES string of the molecule is CCCCCCCCOc1ccc(C[NH])cc1. The molecule has 0 saturated heterocycles. The second-order valence-corrected chi connectivity index (χ2v) is 4.44. The molecule has 0 aliphatic rings. The third-order valence-electron chi connectivity index (χ3n) is 2.89. The highest BCUT2D eigenvalue weighted by atomic mass is 16.5. The van der Waals surface area contributed by atoms with E-state index in [9.17, 15) is 0 Å². The number of ether oxygens (including phenoxy) is 1. The molecule has 0 bridgehead atoms. The normalized spacial score (nSPS) is 10.5. The van der Waals surface area contributed by atoms with Crippen molar-refractivity contribution in [1.82, 2.24) is 5.73 Å². The van der Waals surface area contributed by atoms with E-state index < -0.39 is 0 Å². The van der Waals surface area contributed by atoms with Gasteiger partial charge in [0.15, 0.2) is 0 Å². The van der Waals surface area contributed by atoms with E-state index in [1.54, 1.807) is 0 Å². The summed E-state index contributed by atoms with van der Waals surface area (Å²) in [6, 6.07) is 7.84. The van der Waals surface area contributed by atoms with Crippen molar-refractivity contribution >= 4 is 0 Å². The lowest BCUT2D eigenvalue weighted by Crippen LogP contribution is -1.97. The van der Waals surface area contributed by atoms with Crippen LogP contribution in [0, 0.1) is 0 Å². The van der Waals surface area contributed by atoms with Crippen molar-refractivity contribution in [3.63, 3.8) is 0 Å². The molecule has 0 amide bonds. The molecular formula is C15H24NO. The van der Waals surface area contributed by atoms with E-state index in [2.05, 4.69) is 6.92 Å². The number of hydrogen-bond donors (Lipinski definition) is 0. The summed E-state index contributed by atoms with van der Waals surface area (Å²) in [5.41, 5.74) is 8.26. The van der Waals surface area contributed by atoms with Gasteiger partial charge in [-0.25, -0.2) is 0 Å². The standard InChI is InChI=1S/C15H24NO/c1-2-3-4-5-6-7-12-17-15-10-8-14(13-16)9-11-15/h8-11,16H,2-7,12-13H2,1H3. The van der Waals surface area contributed by atoms with Gasteiger partial charge in [0.25, 0.3) is 0 Å². The molecule has 1 aromatic carbocycles. The van der Waals surface area contributed by atoms with E-state index in [4.69, 9.17) is 10.5 Å². The van der Waals surface area contributed by atoms with Crippen LogP contribution in [0.5, 0.6) is 5.75 Å². The molecule has 0 saturated carbocycles. The van der Waals surface area contributed by atoms with Crippen LogP contribution in [-0.4, -0.2) is 6.61 Å². The number of rotatable bonds is 9. The smallest absolute Gasteiger partial charge is 0.119 e. The molecule has 0 aliphatic heterocycles. The maximum absolute atomic E-state index is 7.22. The molecule has 0 aliphatic carbocycles. The molecule has 0 aromatic heterocycles. The summed E-state index contributed by atoms with van der Waals surface area (Å²) in [6.45, 7) is 3.40. The van der Waals surface area contributed by atoms with E-state index in [-0.39, 0.29) is 0 Å². The lowest BCUT2D eigenvalue weighted by Gasteiger charge is -2.06. The van der Waals surface area contributed by atoms with Crippen molar-refractivity contribution in [1.29, 1.82) is 0 Å². The Morgan fingerprint density at radius 2 is 1.59 bits per heavy atom. The van der Waals surface area contributed by atoms with Crippen LogP contribution in [0.1, 0.15) is 51.0 Å². The molecule has 0 fully saturated rings. The molecule has 0 unspecified atom stereocenters. The van der Waals surface area contributed by atoms with Gasteiger partial charge in [0.05, 0.1) is 6.61 Å². The minimum absolute atomic E-state index is 0.345. The third-order valence-corrected chi connectivity index (χ3v) is 2.89. The first kappa shape index (κ1) is 14.0. The van der Waals surface area contributed by atoms with Crippen molar-refractivity contribution in [3.05, 3.63) is 29.8 Å². The zero-order valence-corrected chi connectivity index (χ0v) is 10.9. The Hall–Kier alpha value is -1.02. The Morgan fingerprint density at radius 1 is 0.941 bits per heavy atom. The summed E-state index contributed by atoms with van der Waals surface area (Å²) in [5, 5.41) is 0. The Balaban J connectivity index is 2.05. The molecule has 95 valence electrons. The Kier molecular flexibility index (Phi) is 7.48. The highest BCUT2D eigenvalue weighted by molar-refractivity contribution is 5.26. The highest BCUT2D eigenvalue weighted by Crippen LogP contribution is 2.13. The number of unbranched alkanes of at least 4 members (excludes halogenated alkanes) is 5. The minimum atomic E-state index is 0.345. The predicted octanol–water partition coefficient (Wildman–Crippen LogP) is 4.21. The van der Waals surface area contributed by atoms with Crippen molar-refractivity contribution in [3.8, 4) is 5.75 Å². The van der Waals surface area contributed by atoms with Crippen LogP contribution in [0.4, 0.5) is 0 Å². The summed E-state index contributed by atoms with van der Waals surface area (Å²) in [4.78, 5) is 0. The second kappa shape index (κ2) is 9.06. The summed E-state index contributed by atoms with van der Waals surface area (Å²) in [5.74, 6) is 0.927. The summed E-state index contributed by atoms with van der Waals surface area (Å²) in [7, 11) is 0. The first-order valence-corrected chi connectivity index (χ1v) is 6.73. The fourth-order valence-electron chi connectivity index (χ4n) is 1.78. The molecule has 1 N–H and O–H groups in total. The van der Waals surface area contributed by atoms with E-state index in [0.29, 0.717) is 6.54 Å². The van der Waals surface area contributed by atoms with Gasteiger partial charge in [-0.3, -0.25) is 5.73 Å². The van der Waals surface area contributed by atoms with Crippen LogP contribution in [0.2, 0.25) is 0 Å². The van der Waals surface area contributed by atoms with E-state index >= 15 is 0 Å². The van der Waals surface area contributed by atoms with E-state index in [1.807, 2.05) is 24.3 Å². The summed E-state index contributed by atoms with van der Waals surface area (Å²) >= 11 is 0.